The molecule has 0 unspecified atom stereocenters. The number of hydrogen-bond donors (Lipinski definition) is 0. The number of thioether (sulfide) groups is 2. The molecule has 154 valence electrons. The highest BCUT2D eigenvalue weighted by Gasteiger charge is 2.18. The predicted molar refractivity (Wildman–Crippen MR) is 124 cm³/mol. The summed E-state index contributed by atoms with van der Waals surface area (Å²) in [6, 6.07) is 28.1. The molecule has 0 amide bonds. The van der Waals surface area contributed by atoms with Crippen molar-refractivity contribution in [2.75, 3.05) is 11.5 Å². The Morgan fingerprint density at radius 2 is 1.00 bits per heavy atom. The molecular formula is C24H19N3O2S2. The van der Waals surface area contributed by atoms with Gasteiger partial charge in [-0.05, 0) is 12.1 Å². The first-order valence-electron chi connectivity index (χ1n) is 9.65. The molecule has 4 rings (SSSR count). The lowest BCUT2D eigenvalue weighted by molar-refractivity contribution is 0.101. The van der Waals surface area contributed by atoms with Crippen molar-refractivity contribution in [3.05, 3.63) is 102 Å². The molecule has 4 aromatic rings. The Morgan fingerprint density at radius 1 is 0.613 bits per heavy atom. The van der Waals surface area contributed by atoms with Crippen LogP contribution in [0.1, 0.15) is 20.7 Å². The van der Waals surface area contributed by atoms with Crippen molar-refractivity contribution in [1.29, 1.82) is 0 Å². The first kappa shape index (κ1) is 21.1. The van der Waals surface area contributed by atoms with Crippen LogP contribution in [0.4, 0.5) is 0 Å². The number of carbonyl (C=O) groups excluding carboxylic acids is 2. The van der Waals surface area contributed by atoms with Crippen molar-refractivity contribution >= 4 is 35.1 Å². The molecule has 3 aromatic carbocycles. The van der Waals surface area contributed by atoms with Crippen molar-refractivity contribution in [3.63, 3.8) is 0 Å². The second-order valence-corrected chi connectivity index (χ2v) is 8.48. The Labute approximate surface area is 188 Å². The number of benzene rings is 3. The second-order valence-electron chi connectivity index (χ2n) is 6.59. The van der Waals surface area contributed by atoms with Gasteiger partial charge in [0.1, 0.15) is 0 Å². The van der Waals surface area contributed by atoms with Crippen LogP contribution in [0.5, 0.6) is 0 Å². The van der Waals surface area contributed by atoms with E-state index in [1.807, 2.05) is 71.3 Å². The molecule has 1 aromatic heterocycles. The number of carbonyl (C=O) groups is 2. The summed E-state index contributed by atoms with van der Waals surface area (Å²) in [5, 5.41) is 9.83. The van der Waals surface area contributed by atoms with Gasteiger partial charge in [-0.3, -0.25) is 14.2 Å². The van der Waals surface area contributed by atoms with Gasteiger partial charge in [-0.2, -0.15) is 0 Å². The third-order valence-electron chi connectivity index (χ3n) is 4.47. The lowest BCUT2D eigenvalue weighted by Crippen LogP contribution is -2.06. The highest BCUT2D eigenvalue weighted by Crippen LogP contribution is 2.28. The zero-order valence-corrected chi connectivity index (χ0v) is 18.2. The number of ketones is 2. The van der Waals surface area contributed by atoms with Gasteiger partial charge in [-0.25, -0.2) is 0 Å². The monoisotopic (exact) mass is 445 g/mol. The largest absolute Gasteiger partial charge is 0.293 e. The summed E-state index contributed by atoms with van der Waals surface area (Å²) in [6.07, 6.45) is 0. The molecule has 0 radical (unpaired) electrons. The molecule has 0 fully saturated rings. The molecule has 0 atom stereocenters. The minimum atomic E-state index is 0.0293. The van der Waals surface area contributed by atoms with Gasteiger partial charge in [0.2, 0.25) is 0 Å². The normalized spacial score (nSPS) is 10.7. The third-order valence-corrected chi connectivity index (χ3v) is 6.33. The van der Waals surface area contributed by atoms with E-state index in [1.165, 1.54) is 23.5 Å². The first-order chi connectivity index (χ1) is 15.2. The van der Waals surface area contributed by atoms with Crippen LogP contribution in [-0.2, 0) is 0 Å². The molecule has 0 aliphatic rings. The van der Waals surface area contributed by atoms with E-state index in [4.69, 9.17) is 0 Å². The Hall–Kier alpha value is -3.16. The Morgan fingerprint density at radius 3 is 1.42 bits per heavy atom. The van der Waals surface area contributed by atoms with Crippen LogP contribution in [-0.4, -0.2) is 37.8 Å². The summed E-state index contributed by atoms with van der Waals surface area (Å²) in [5.74, 6) is 0.564. The summed E-state index contributed by atoms with van der Waals surface area (Å²) in [6.45, 7) is 0. The van der Waals surface area contributed by atoms with Crippen LogP contribution < -0.4 is 0 Å². The molecule has 5 nitrogen and oxygen atoms in total. The molecule has 0 saturated carbocycles. The average molecular weight is 446 g/mol. The van der Waals surface area contributed by atoms with Crippen molar-refractivity contribution in [2.45, 2.75) is 10.3 Å². The maximum Gasteiger partial charge on any atom is 0.196 e. The Balaban J connectivity index is 1.53. The minimum absolute atomic E-state index is 0.0293. The first-order valence-corrected chi connectivity index (χ1v) is 11.6. The number of nitrogens with zero attached hydrogens (tertiary/aromatic N) is 3. The maximum atomic E-state index is 12.5. The minimum Gasteiger partial charge on any atom is -0.293 e. The van der Waals surface area contributed by atoms with Gasteiger partial charge in [0.25, 0.3) is 0 Å². The molecule has 0 N–H and O–H groups in total. The van der Waals surface area contributed by atoms with Crippen molar-refractivity contribution in [1.82, 2.24) is 14.8 Å². The lowest BCUT2D eigenvalue weighted by Gasteiger charge is -2.09. The fraction of sp³-hybridized carbons (Fsp3) is 0.0833. The third kappa shape index (κ3) is 5.31. The smallest absolute Gasteiger partial charge is 0.196 e. The number of hydrogen-bond acceptors (Lipinski definition) is 6. The predicted octanol–water partition coefficient (Wildman–Crippen LogP) is 5.22. The van der Waals surface area contributed by atoms with Crippen molar-refractivity contribution in [2.24, 2.45) is 0 Å². The molecule has 0 spiro atoms. The molecule has 0 saturated heterocycles. The van der Waals surface area contributed by atoms with Gasteiger partial charge < -0.3 is 0 Å². The molecule has 0 aliphatic heterocycles. The fourth-order valence-electron chi connectivity index (χ4n) is 2.92. The number of rotatable bonds is 9. The van der Waals surface area contributed by atoms with E-state index in [1.54, 1.807) is 24.3 Å². The van der Waals surface area contributed by atoms with E-state index in [0.29, 0.717) is 21.4 Å². The summed E-state index contributed by atoms with van der Waals surface area (Å²) >= 11 is 2.68. The topological polar surface area (TPSA) is 64.8 Å². The van der Waals surface area contributed by atoms with Crippen LogP contribution in [0.3, 0.4) is 0 Å². The zero-order chi connectivity index (χ0) is 21.5. The molecule has 31 heavy (non-hydrogen) atoms. The van der Waals surface area contributed by atoms with Gasteiger partial charge >= 0.3 is 0 Å². The van der Waals surface area contributed by atoms with E-state index in [-0.39, 0.29) is 23.1 Å². The fourth-order valence-corrected chi connectivity index (χ4v) is 4.67. The van der Waals surface area contributed by atoms with Crippen molar-refractivity contribution in [3.8, 4) is 5.69 Å². The van der Waals surface area contributed by atoms with Gasteiger partial charge in [0.05, 0.1) is 17.2 Å². The molecule has 7 heteroatoms. The maximum absolute atomic E-state index is 12.5. The molecule has 1 heterocycles. The quantitative estimate of drug-likeness (QED) is 0.260. The summed E-state index contributed by atoms with van der Waals surface area (Å²) in [4.78, 5) is 25.0. The van der Waals surface area contributed by atoms with Gasteiger partial charge in [0, 0.05) is 11.1 Å². The van der Waals surface area contributed by atoms with E-state index in [2.05, 4.69) is 10.2 Å². The zero-order valence-electron chi connectivity index (χ0n) is 16.5. The second kappa shape index (κ2) is 10.2. The standard InChI is InChI=1S/C24H19N3O2S2/c28-21(18-10-4-1-5-11-18)16-30-23-25-26-24(27(23)20-14-8-3-9-15-20)31-17-22(29)19-12-6-2-7-13-19/h1-15H,16-17H2. The van der Waals surface area contributed by atoms with Crippen LogP contribution >= 0.6 is 23.5 Å². The summed E-state index contributed by atoms with van der Waals surface area (Å²) in [5.41, 5.74) is 2.23. The van der Waals surface area contributed by atoms with E-state index < -0.39 is 0 Å². The van der Waals surface area contributed by atoms with E-state index in [9.17, 15) is 9.59 Å². The summed E-state index contributed by atoms with van der Waals surface area (Å²) < 4.78 is 1.89. The van der Waals surface area contributed by atoms with E-state index in [0.717, 1.165) is 5.69 Å². The van der Waals surface area contributed by atoms with Crippen LogP contribution in [0.2, 0.25) is 0 Å². The van der Waals surface area contributed by atoms with Crippen LogP contribution in [0, 0.1) is 0 Å². The Kier molecular flexibility index (Phi) is 6.96. The van der Waals surface area contributed by atoms with E-state index >= 15 is 0 Å². The van der Waals surface area contributed by atoms with Crippen LogP contribution in [0.15, 0.2) is 101 Å². The van der Waals surface area contributed by atoms with Gasteiger partial charge in [-0.15, -0.1) is 10.2 Å². The average Bonchev–Trinajstić information content (AvgIpc) is 3.25. The molecule has 0 aliphatic carbocycles. The lowest BCUT2D eigenvalue weighted by atomic mass is 10.2. The number of para-hydroxylation sites is 1. The SMILES string of the molecule is O=C(CSc1nnc(SCC(=O)c2ccccc2)n1-c1ccccc1)c1ccccc1. The highest BCUT2D eigenvalue weighted by atomic mass is 32.2. The number of Topliss-reactive ketones (excluding diaryl/α,β-unsaturated/α-hetero) is 2. The molecule has 0 bridgehead atoms. The van der Waals surface area contributed by atoms with Crippen LogP contribution in [0.25, 0.3) is 5.69 Å². The van der Waals surface area contributed by atoms with Crippen molar-refractivity contribution < 1.29 is 9.59 Å². The molecular weight excluding hydrogens is 426 g/mol. The van der Waals surface area contributed by atoms with Gasteiger partial charge in [0.15, 0.2) is 21.9 Å². The number of aromatic nitrogens is 3. The summed E-state index contributed by atoms with van der Waals surface area (Å²) in [7, 11) is 0. The van der Waals surface area contributed by atoms with Gasteiger partial charge in [-0.1, -0.05) is 102 Å². The highest BCUT2D eigenvalue weighted by molar-refractivity contribution is 8.00. The Bertz CT molecular complexity index is 1090.